The number of piperidine rings is 1. The fourth-order valence-electron chi connectivity index (χ4n) is 3.38. The molecule has 2 fully saturated rings. The number of rotatable bonds is 2. The normalized spacial score (nSPS) is 23.6. The van der Waals surface area contributed by atoms with E-state index in [9.17, 15) is 4.79 Å². The van der Waals surface area contributed by atoms with Gasteiger partial charge in [0.1, 0.15) is 5.82 Å². The molecule has 1 aromatic rings. The quantitative estimate of drug-likeness (QED) is 0.827. The third-order valence-corrected chi connectivity index (χ3v) is 4.78. The zero-order valence-electron chi connectivity index (χ0n) is 13.7. The highest BCUT2D eigenvalue weighted by Gasteiger charge is 2.30. The summed E-state index contributed by atoms with van der Waals surface area (Å²) in [6, 6.07) is 6.11. The monoisotopic (exact) mass is 302 g/mol. The lowest BCUT2D eigenvalue weighted by Crippen LogP contribution is -2.51. The van der Waals surface area contributed by atoms with Crippen LogP contribution in [0.5, 0.6) is 0 Å². The van der Waals surface area contributed by atoms with Crippen molar-refractivity contribution in [2.24, 2.45) is 5.92 Å². The molecule has 120 valence electrons. The molecule has 5 heteroatoms. The maximum atomic E-state index is 12.8. The zero-order valence-corrected chi connectivity index (χ0v) is 13.7. The number of aromatic nitrogens is 1. The molecule has 3 rings (SSSR count). The summed E-state index contributed by atoms with van der Waals surface area (Å²) in [5.41, 5.74) is 1.03. The van der Waals surface area contributed by atoms with E-state index in [-0.39, 0.29) is 5.92 Å². The maximum absolute atomic E-state index is 12.8. The lowest BCUT2D eigenvalue weighted by Gasteiger charge is -2.38. The predicted octanol–water partition coefficient (Wildman–Crippen LogP) is 1.38. The van der Waals surface area contributed by atoms with Crippen LogP contribution in [-0.2, 0) is 4.79 Å². The Balaban J connectivity index is 1.64. The van der Waals surface area contributed by atoms with Crippen LogP contribution in [0.4, 0.5) is 5.82 Å². The van der Waals surface area contributed by atoms with Crippen molar-refractivity contribution in [3.63, 3.8) is 0 Å². The molecule has 1 atom stereocenters. The third-order valence-electron chi connectivity index (χ3n) is 4.78. The van der Waals surface area contributed by atoms with Crippen molar-refractivity contribution in [1.29, 1.82) is 0 Å². The molecular weight excluding hydrogens is 276 g/mol. The van der Waals surface area contributed by atoms with Crippen molar-refractivity contribution >= 4 is 11.7 Å². The molecule has 5 nitrogen and oxygen atoms in total. The van der Waals surface area contributed by atoms with Gasteiger partial charge in [0.15, 0.2) is 0 Å². The average molecular weight is 302 g/mol. The molecule has 0 aliphatic carbocycles. The van der Waals surface area contributed by atoms with E-state index in [2.05, 4.69) is 32.8 Å². The first-order valence-electron chi connectivity index (χ1n) is 8.29. The minimum Gasteiger partial charge on any atom is -0.356 e. The number of amides is 1. The molecule has 1 amide bonds. The van der Waals surface area contributed by atoms with Crippen LogP contribution < -0.4 is 4.90 Å². The van der Waals surface area contributed by atoms with Gasteiger partial charge in [0.2, 0.25) is 5.91 Å². The fourth-order valence-corrected chi connectivity index (χ4v) is 3.38. The predicted molar refractivity (Wildman–Crippen MR) is 88.0 cm³/mol. The van der Waals surface area contributed by atoms with Gasteiger partial charge in [-0.25, -0.2) is 4.98 Å². The van der Waals surface area contributed by atoms with Gasteiger partial charge in [-0.05, 0) is 38.9 Å². The smallest absolute Gasteiger partial charge is 0.227 e. The van der Waals surface area contributed by atoms with Gasteiger partial charge in [-0.3, -0.25) is 4.79 Å². The third kappa shape index (κ3) is 3.40. The van der Waals surface area contributed by atoms with E-state index < -0.39 is 0 Å². The van der Waals surface area contributed by atoms with Crippen LogP contribution in [0.2, 0.25) is 0 Å². The van der Waals surface area contributed by atoms with Gasteiger partial charge < -0.3 is 14.7 Å². The van der Waals surface area contributed by atoms with Gasteiger partial charge in [-0.2, -0.15) is 0 Å². The number of pyridine rings is 1. The van der Waals surface area contributed by atoms with E-state index in [4.69, 9.17) is 0 Å². The SMILES string of the molecule is Cc1cccc(N2CCC[C@@H](C(=O)N3CCN(C)CC3)C2)n1. The highest BCUT2D eigenvalue weighted by Crippen LogP contribution is 2.23. The number of aryl methyl sites for hydroxylation is 1. The van der Waals surface area contributed by atoms with Crippen molar-refractivity contribution < 1.29 is 4.79 Å². The number of hydrogen-bond donors (Lipinski definition) is 0. The van der Waals surface area contributed by atoms with Gasteiger partial charge in [0, 0.05) is 45.0 Å². The second kappa shape index (κ2) is 6.65. The van der Waals surface area contributed by atoms with Crippen LogP contribution in [0.25, 0.3) is 0 Å². The van der Waals surface area contributed by atoms with Crippen LogP contribution in [0.1, 0.15) is 18.5 Å². The standard InChI is InChI=1S/C17H26N4O/c1-14-5-3-7-16(18-14)21-8-4-6-15(13-21)17(22)20-11-9-19(2)10-12-20/h3,5,7,15H,4,6,8-13H2,1-2H3/t15-/m1/s1. The van der Waals surface area contributed by atoms with Gasteiger partial charge in [0.25, 0.3) is 0 Å². The van der Waals surface area contributed by atoms with Crippen LogP contribution in [0, 0.1) is 12.8 Å². The number of hydrogen-bond acceptors (Lipinski definition) is 4. The van der Waals surface area contributed by atoms with Gasteiger partial charge >= 0.3 is 0 Å². The molecule has 1 aromatic heterocycles. The number of piperazine rings is 1. The molecule has 2 saturated heterocycles. The second-order valence-corrected chi connectivity index (χ2v) is 6.55. The van der Waals surface area contributed by atoms with E-state index in [1.54, 1.807) is 0 Å². The molecule has 2 aliphatic heterocycles. The summed E-state index contributed by atoms with van der Waals surface area (Å²) in [4.78, 5) is 24.0. The van der Waals surface area contributed by atoms with Crippen LogP contribution in [0.15, 0.2) is 18.2 Å². The van der Waals surface area contributed by atoms with Gasteiger partial charge in [-0.1, -0.05) is 6.07 Å². The molecule has 0 N–H and O–H groups in total. The molecule has 22 heavy (non-hydrogen) atoms. The van der Waals surface area contributed by atoms with Crippen molar-refractivity contribution in [2.45, 2.75) is 19.8 Å². The number of nitrogens with zero attached hydrogens (tertiary/aromatic N) is 4. The average Bonchev–Trinajstić information content (AvgIpc) is 2.55. The summed E-state index contributed by atoms with van der Waals surface area (Å²) < 4.78 is 0. The Kier molecular flexibility index (Phi) is 4.62. The number of carbonyl (C=O) groups excluding carboxylic acids is 1. The maximum Gasteiger partial charge on any atom is 0.227 e. The van der Waals surface area contributed by atoms with Crippen molar-refractivity contribution in [3.05, 3.63) is 23.9 Å². The Bertz CT molecular complexity index is 525. The molecular formula is C17H26N4O. The topological polar surface area (TPSA) is 39.7 Å². The summed E-state index contributed by atoms with van der Waals surface area (Å²) in [5.74, 6) is 1.47. The highest BCUT2D eigenvalue weighted by atomic mass is 16.2. The van der Waals surface area contributed by atoms with E-state index in [1.165, 1.54) is 0 Å². The molecule has 0 bridgehead atoms. The Morgan fingerprint density at radius 2 is 1.95 bits per heavy atom. The van der Waals surface area contributed by atoms with Crippen LogP contribution >= 0.6 is 0 Å². The summed E-state index contributed by atoms with van der Waals surface area (Å²) in [7, 11) is 2.12. The van der Waals surface area contributed by atoms with Crippen LogP contribution in [-0.4, -0.2) is 67.0 Å². The zero-order chi connectivity index (χ0) is 15.5. The van der Waals surface area contributed by atoms with Crippen molar-refractivity contribution in [1.82, 2.24) is 14.8 Å². The Morgan fingerprint density at radius 3 is 2.68 bits per heavy atom. The summed E-state index contributed by atoms with van der Waals surface area (Å²) >= 11 is 0. The summed E-state index contributed by atoms with van der Waals surface area (Å²) in [6.45, 7) is 7.54. The molecule has 0 radical (unpaired) electrons. The lowest BCUT2D eigenvalue weighted by atomic mass is 9.96. The molecule has 0 aromatic carbocycles. The lowest BCUT2D eigenvalue weighted by molar-refractivity contribution is -0.137. The fraction of sp³-hybridized carbons (Fsp3) is 0.647. The Labute approximate surface area is 132 Å². The highest BCUT2D eigenvalue weighted by molar-refractivity contribution is 5.80. The Hall–Kier alpha value is -1.62. The minimum atomic E-state index is 0.125. The molecule has 0 spiro atoms. The summed E-state index contributed by atoms with van der Waals surface area (Å²) in [6.07, 6.45) is 2.08. The van der Waals surface area contributed by atoms with E-state index >= 15 is 0 Å². The minimum absolute atomic E-state index is 0.125. The molecule has 2 aliphatic rings. The van der Waals surface area contributed by atoms with Crippen molar-refractivity contribution in [3.8, 4) is 0 Å². The van der Waals surface area contributed by atoms with Gasteiger partial charge in [-0.15, -0.1) is 0 Å². The van der Waals surface area contributed by atoms with Crippen LogP contribution in [0.3, 0.4) is 0 Å². The van der Waals surface area contributed by atoms with E-state index in [0.717, 1.165) is 63.6 Å². The largest absolute Gasteiger partial charge is 0.356 e. The number of carbonyl (C=O) groups is 1. The first-order chi connectivity index (χ1) is 10.6. The first kappa shape index (κ1) is 15.3. The Morgan fingerprint density at radius 1 is 1.18 bits per heavy atom. The molecule has 0 saturated carbocycles. The second-order valence-electron chi connectivity index (χ2n) is 6.55. The van der Waals surface area contributed by atoms with Gasteiger partial charge in [0.05, 0.1) is 5.92 Å². The van der Waals surface area contributed by atoms with Crippen molar-refractivity contribution in [2.75, 3.05) is 51.2 Å². The summed E-state index contributed by atoms with van der Waals surface area (Å²) in [5, 5.41) is 0. The molecule has 3 heterocycles. The molecule has 0 unspecified atom stereocenters. The first-order valence-corrected chi connectivity index (χ1v) is 8.29. The number of anilines is 1. The van der Waals surface area contributed by atoms with E-state index in [1.807, 2.05) is 19.1 Å². The number of likely N-dealkylation sites (N-methyl/N-ethyl adjacent to an activating group) is 1. The van der Waals surface area contributed by atoms with E-state index in [0.29, 0.717) is 5.91 Å².